The summed E-state index contributed by atoms with van der Waals surface area (Å²) in [6.45, 7) is 1.76. The van der Waals surface area contributed by atoms with Crippen molar-refractivity contribution in [3.05, 3.63) is 45.7 Å². The molecule has 0 bridgehead atoms. The van der Waals surface area contributed by atoms with Crippen LogP contribution in [0.15, 0.2) is 34.8 Å². The number of benzene rings is 1. The van der Waals surface area contributed by atoms with Gasteiger partial charge in [-0.15, -0.1) is 0 Å². The smallest absolute Gasteiger partial charge is 0.326 e. The Hall–Kier alpha value is -1.66. The van der Waals surface area contributed by atoms with Crippen LogP contribution in [0.4, 0.5) is 16.4 Å². The average molecular weight is 342 g/mol. The highest BCUT2D eigenvalue weighted by atomic mass is 79.9. The normalized spacial score (nSPS) is 10.3. The van der Waals surface area contributed by atoms with E-state index in [-0.39, 0.29) is 11.1 Å². The molecule has 7 heteroatoms. The van der Waals surface area contributed by atoms with Crippen molar-refractivity contribution in [2.24, 2.45) is 5.73 Å². The van der Waals surface area contributed by atoms with Crippen LogP contribution in [-0.2, 0) is 0 Å². The molecule has 0 atom stereocenters. The number of anilines is 2. The van der Waals surface area contributed by atoms with Crippen LogP contribution in [0, 0.1) is 6.92 Å². The third-order valence-corrected chi connectivity index (χ3v) is 3.19. The quantitative estimate of drug-likeness (QED) is 0.851. The van der Waals surface area contributed by atoms with Gasteiger partial charge in [0.15, 0.2) is 0 Å². The van der Waals surface area contributed by atoms with Crippen LogP contribution in [0.1, 0.15) is 5.69 Å². The van der Waals surface area contributed by atoms with Crippen molar-refractivity contribution < 1.29 is 4.79 Å². The molecule has 2 amide bonds. The number of hydrogen-bond donors (Lipinski definition) is 1. The topological polar surface area (TPSA) is 72.1 Å². The van der Waals surface area contributed by atoms with Crippen LogP contribution in [0.3, 0.4) is 0 Å². The summed E-state index contributed by atoms with van der Waals surface area (Å²) in [7, 11) is 0. The maximum absolute atomic E-state index is 11.7. The first-order chi connectivity index (χ1) is 8.99. The standard InChI is InChI=1S/C12H10BrClN4O/c1-7-6-10(14)17-12(16-7)18(11(15)19)9-5-3-2-4-8(9)13/h2-6H,1H3,(H2,15,19). The summed E-state index contributed by atoms with van der Waals surface area (Å²) in [5.41, 5.74) is 6.61. The number of amides is 2. The number of para-hydroxylation sites is 1. The second kappa shape index (κ2) is 5.54. The second-order valence-electron chi connectivity index (χ2n) is 3.76. The minimum absolute atomic E-state index is 0.143. The number of carbonyl (C=O) groups excluding carboxylic acids is 1. The lowest BCUT2D eigenvalue weighted by Crippen LogP contribution is -2.33. The van der Waals surface area contributed by atoms with Crippen LogP contribution in [0.25, 0.3) is 0 Å². The summed E-state index contributed by atoms with van der Waals surface area (Å²) in [6, 6.07) is 8.06. The summed E-state index contributed by atoms with van der Waals surface area (Å²) < 4.78 is 0.704. The van der Waals surface area contributed by atoms with Crippen LogP contribution in [0.5, 0.6) is 0 Å². The SMILES string of the molecule is Cc1cc(Cl)nc(N(C(N)=O)c2ccccc2Br)n1. The van der Waals surface area contributed by atoms with E-state index in [2.05, 4.69) is 25.9 Å². The first kappa shape index (κ1) is 13.8. The molecule has 19 heavy (non-hydrogen) atoms. The van der Waals surface area contributed by atoms with Crippen molar-refractivity contribution in [2.75, 3.05) is 4.90 Å². The number of rotatable bonds is 2. The first-order valence-electron chi connectivity index (χ1n) is 5.34. The third-order valence-electron chi connectivity index (χ3n) is 2.32. The van der Waals surface area contributed by atoms with Crippen LogP contribution >= 0.6 is 27.5 Å². The summed E-state index contributed by atoms with van der Waals surface area (Å²) in [5.74, 6) is 0.143. The monoisotopic (exact) mass is 340 g/mol. The largest absolute Gasteiger partial charge is 0.351 e. The van der Waals surface area contributed by atoms with Gasteiger partial charge in [0.1, 0.15) is 5.15 Å². The molecular weight excluding hydrogens is 332 g/mol. The minimum Gasteiger partial charge on any atom is -0.351 e. The van der Waals surface area contributed by atoms with E-state index < -0.39 is 6.03 Å². The van der Waals surface area contributed by atoms with Gasteiger partial charge in [0, 0.05) is 10.2 Å². The molecule has 0 radical (unpaired) electrons. The number of nitrogens with zero attached hydrogens (tertiary/aromatic N) is 3. The predicted molar refractivity (Wildman–Crippen MR) is 77.6 cm³/mol. The highest BCUT2D eigenvalue weighted by Crippen LogP contribution is 2.30. The van der Waals surface area contributed by atoms with Gasteiger partial charge in [-0.1, -0.05) is 23.7 Å². The molecule has 1 aromatic carbocycles. The molecule has 2 N–H and O–H groups in total. The van der Waals surface area contributed by atoms with Gasteiger partial charge >= 0.3 is 6.03 Å². The molecule has 1 heterocycles. The van der Waals surface area contributed by atoms with E-state index in [0.717, 1.165) is 0 Å². The fourth-order valence-electron chi connectivity index (χ4n) is 1.57. The number of aromatic nitrogens is 2. The Bertz CT molecular complexity index is 615. The molecule has 0 aliphatic heterocycles. The van der Waals surface area contributed by atoms with Crippen LogP contribution in [-0.4, -0.2) is 16.0 Å². The molecule has 2 aromatic rings. The Labute approximate surface area is 123 Å². The Kier molecular flexibility index (Phi) is 4.01. The number of primary amides is 1. The first-order valence-corrected chi connectivity index (χ1v) is 6.51. The predicted octanol–water partition coefficient (Wildman–Crippen LogP) is 3.42. The van der Waals surface area contributed by atoms with Crippen molar-refractivity contribution in [1.82, 2.24) is 9.97 Å². The highest BCUT2D eigenvalue weighted by Gasteiger charge is 2.20. The van der Waals surface area contributed by atoms with E-state index in [1.54, 1.807) is 31.2 Å². The third kappa shape index (κ3) is 3.02. The summed E-state index contributed by atoms with van der Waals surface area (Å²) in [5, 5.41) is 0.251. The van der Waals surface area contributed by atoms with Gasteiger partial charge in [0.2, 0.25) is 5.95 Å². The molecule has 98 valence electrons. The second-order valence-corrected chi connectivity index (χ2v) is 5.00. The van der Waals surface area contributed by atoms with E-state index in [1.165, 1.54) is 4.90 Å². The van der Waals surface area contributed by atoms with Gasteiger partial charge in [0.05, 0.1) is 5.69 Å². The van der Waals surface area contributed by atoms with Crippen LogP contribution < -0.4 is 10.6 Å². The maximum Gasteiger partial charge on any atom is 0.326 e. The number of nitrogens with two attached hydrogens (primary N) is 1. The number of halogens is 2. The molecule has 0 unspecified atom stereocenters. The average Bonchev–Trinajstić information content (AvgIpc) is 2.30. The fourth-order valence-corrected chi connectivity index (χ4v) is 2.27. The fraction of sp³-hybridized carbons (Fsp3) is 0.0833. The van der Waals surface area contributed by atoms with Crippen molar-refractivity contribution in [3.63, 3.8) is 0 Å². The van der Waals surface area contributed by atoms with Gasteiger partial charge in [0.25, 0.3) is 0 Å². The van der Waals surface area contributed by atoms with Crippen LogP contribution in [0.2, 0.25) is 5.15 Å². The van der Waals surface area contributed by atoms with Gasteiger partial charge in [-0.2, -0.15) is 0 Å². The molecule has 5 nitrogen and oxygen atoms in total. The number of aryl methyl sites for hydroxylation is 1. The Balaban J connectivity index is 2.58. The summed E-state index contributed by atoms with van der Waals surface area (Å²) >= 11 is 9.25. The Morgan fingerprint density at radius 2 is 2.05 bits per heavy atom. The zero-order chi connectivity index (χ0) is 14.0. The molecule has 0 fully saturated rings. The van der Waals surface area contributed by atoms with Gasteiger partial charge < -0.3 is 5.73 Å². The van der Waals surface area contributed by atoms with Gasteiger partial charge in [-0.25, -0.2) is 19.7 Å². The molecule has 0 saturated heterocycles. The van der Waals surface area contributed by atoms with E-state index in [1.807, 2.05) is 6.07 Å². The van der Waals surface area contributed by atoms with Crippen molar-refractivity contribution >= 4 is 45.2 Å². The summed E-state index contributed by atoms with van der Waals surface area (Å²) in [6.07, 6.45) is 0. The highest BCUT2D eigenvalue weighted by molar-refractivity contribution is 9.10. The maximum atomic E-state index is 11.7. The molecule has 2 rings (SSSR count). The van der Waals surface area contributed by atoms with Crippen molar-refractivity contribution in [3.8, 4) is 0 Å². The molecule has 1 aromatic heterocycles. The Morgan fingerprint density at radius 1 is 1.37 bits per heavy atom. The molecule has 0 saturated carbocycles. The van der Waals surface area contributed by atoms with E-state index in [9.17, 15) is 4.79 Å². The van der Waals surface area contributed by atoms with Crippen molar-refractivity contribution in [2.45, 2.75) is 6.92 Å². The van der Waals surface area contributed by atoms with E-state index in [4.69, 9.17) is 17.3 Å². The van der Waals surface area contributed by atoms with Gasteiger partial charge in [-0.3, -0.25) is 0 Å². The lowest BCUT2D eigenvalue weighted by atomic mass is 10.3. The number of urea groups is 1. The Morgan fingerprint density at radius 3 is 2.63 bits per heavy atom. The zero-order valence-corrected chi connectivity index (χ0v) is 12.3. The summed E-state index contributed by atoms with van der Waals surface area (Å²) in [4.78, 5) is 21.1. The molecule has 0 aliphatic carbocycles. The lowest BCUT2D eigenvalue weighted by Gasteiger charge is -2.20. The molecule has 0 aliphatic rings. The number of carbonyl (C=O) groups is 1. The lowest BCUT2D eigenvalue weighted by molar-refractivity contribution is 0.256. The van der Waals surface area contributed by atoms with E-state index in [0.29, 0.717) is 15.9 Å². The minimum atomic E-state index is -0.687. The van der Waals surface area contributed by atoms with Gasteiger partial charge in [-0.05, 0) is 41.1 Å². The molecule has 0 spiro atoms. The number of hydrogen-bond acceptors (Lipinski definition) is 3. The zero-order valence-electron chi connectivity index (χ0n) is 9.97. The van der Waals surface area contributed by atoms with E-state index >= 15 is 0 Å². The van der Waals surface area contributed by atoms with Crippen molar-refractivity contribution in [1.29, 1.82) is 0 Å². The molecular formula is C12H10BrClN4O.